The van der Waals surface area contributed by atoms with E-state index in [9.17, 15) is 29.1 Å². The van der Waals surface area contributed by atoms with Gasteiger partial charge in [0.1, 0.15) is 18.1 Å². The molecule has 13 nitrogen and oxygen atoms in total. The Kier molecular flexibility index (Phi) is 11.6. The second-order valence-electron chi connectivity index (χ2n) is 8.21. The SMILES string of the molecule is NC(Cc1ccccc1)C(=O)NC(CCC(=O)O)C(=O)NC(CS)C(=O)NC(Cc1cnc[nH]1)C(=O)O. The minimum absolute atomic E-state index is 0.0785. The van der Waals surface area contributed by atoms with Crippen LogP contribution in [-0.4, -0.2) is 79.8 Å². The van der Waals surface area contributed by atoms with Gasteiger partial charge in [0, 0.05) is 30.5 Å². The van der Waals surface area contributed by atoms with Crippen molar-refractivity contribution in [1.29, 1.82) is 0 Å². The number of nitrogens with zero attached hydrogens (tertiary/aromatic N) is 1. The van der Waals surface area contributed by atoms with Crippen LogP contribution in [0.3, 0.4) is 0 Å². The molecule has 0 fully saturated rings. The number of hydrogen-bond acceptors (Lipinski definition) is 8. The van der Waals surface area contributed by atoms with Gasteiger partial charge in [0.05, 0.1) is 12.4 Å². The summed E-state index contributed by atoms with van der Waals surface area (Å²) >= 11 is 4.06. The molecule has 0 spiro atoms. The summed E-state index contributed by atoms with van der Waals surface area (Å²) in [6.45, 7) is 0. The van der Waals surface area contributed by atoms with E-state index in [4.69, 9.17) is 10.8 Å². The van der Waals surface area contributed by atoms with Crippen LogP contribution in [-0.2, 0) is 36.8 Å². The van der Waals surface area contributed by atoms with Gasteiger partial charge < -0.3 is 36.9 Å². The zero-order valence-electron chi connectivity index (χ0n) is 19.8. The molecule has 1 aromatic carbocycles. The van der Waals surface area contributed by atoms with E-state index in [0.717, 1.165) is 5.56 Å². The molecule has 1 aromatic heterocycles. The van der Waals surface area contributed by atoms with Crippen LogP contribution in [0, 0.1) is 0 Å². The number of nitrogens with two attached hydrogens (primary N) is 1. The third-order valence-electron chi connectivity index (χ3n) is 5.32. The number of amides is 3. The fourth-order valence-electron chi connectivity index (χ4n) is 3.33. The van der Waals surface area contributed by atoms with Gasteiger partial charge in [-0.25, -0.2) is 9.78 Å². The van der Waals surface area contributed by atoms with E-state index in [-0.39, 0.29) is 25.0 Å². The van der Waals surface area contributed by atoms with Crippen LogP contribution in [0.5, 0.6) is 0 Å². The van der Waals surface area contributed by atoms with Crippen LogP contribution in [0.25, 0.3) is 0 Å². The molecular weight excluding hydrogens is 504 g/mol. The maximum absolute atomic E-state index is 12.9. The number of carboxylic acid groups (broad SMARTS) is 2. The zero-order valence-corrected chi connectivity index (χ0v) is 20.7. The molecule has 37 heavy (non-hydrogen) atoms. The molecule has 0 saturated carbocycles. The Bertz CT molecular complexity index is 1070. The molecular formula is C23H30N6O7S. The number of hydrogen-bond donors (Lipinski definition) is 8. The lowest BCUT2D eigenvalue weighted by molar-refractivity contribution is -0.142. The Morgan fingerprint density at radius 1 is 0.919 bits per heavy atom. The number of aliphatic carboxylic acids is 2. The van der Waals surface area contributed by atoms with Crippen molar-refractivity contribution in [2.75, 3.05) is 5.75 Å². The summed E-state index contributed by atoms with van der Waals surface area (Å²) in [6, 6.07) is 4.07. The van der Waals surface area contributed by atoms with Crippen molar-refractivity contribution in [3.05, 3.63) is 54.1 Å². The average molecular weight is 535 g/mol. The van der Waals surface area contributed by atoms with Crippen LogP contribution in [0.2, 0.25) is 0 Å². The molecule has 2 aromatic rings. The Morgan fingerprint density at radius 2 is 1.54 bits per heavy atom. The standard InChI is InChI=1S/C23H30N6O7S/c24-15(8-13-4-2-1-3-5-13)20(32)27-16(6-7-19(30)31)21(33)29-18(11-37)22(34)28-17(23(35)36)9-14-10-25-12-26-14/h1-5,10,12,15-18,37H,6-9,11,24H2,(H,25,26)(H,27,32)(H,28,34)(H,29,33)(H,30,31)(H,35,36). The average Bonchev–Trinajstić information content (AvgIpc) is 3.37. The second-order valence-corrected chi connectivity index (χ2v) is 8.58. The van der Waals surface area contributed by atoms with Crippen LogP contribution in [0.1, 0.15) is 24.1 Å². The summed E-state index contributed by atoms with van der Waals surface area (Å²) in [5.41, 5.74) is 7.24. The molecule has 0 aliphatic rings. The molecule has 8 N–H and O–H groups in total. The summed E-state index contributed by atoms with van der Waals surface area (Å²) < 4.78 is 0. The highest BCUT2D eigenvalue weighted by Gasteiger charge is 2.30. The van der Waals surface area contributed by atoms with Crippen molar-refractivity contribution >= 4 is 42.3 Å². The van der Waals surface area contributed by atoms with E-state index in [1.165, 1.54) is 12.5 Å². The molecule has 0 saturated heterocycles. The lowest BCUT2D eigenvalue weighted by Gasteiger charge is -2.24. The van der Waals surface area contributed by atoms with Crippen LogP contribution in [0.4, 0.5) is 0 Å². The topological polar surface area (TPSA) is 217 Å². The Hall–Kier alpha value is -3.91. The normalized spacial score (nSPS) is 14.0. The molecule has 0 aliphatic heterocycles. The number of carbonyl (C=O) groups excluding carboxylic acids is 3. The number of benzene rings is 1. The number of nitrogens with one attached hydrogen (secondary N) is 4. The van der Waals surface area contributed by atoms with E-state index in [2.05, 4.69) is 38.5 Å². The third kappa shape index (κ3) is 9.93. The number of rotatable bonds is 15. The molecule has 3 amide bonds. The first kappa shape index (κ1) is 29.3. The van der Waals surface area contributed by atoms with Gasteiger partial charge in [-0.3, -0.25) is 19.2 Å². The number of aromatic nitrogens is 2. The fraction of sp³-hybridized carbons (Fsp3) is 0.391. The smallest absolute Gasteiger partial charge is 0.326 e. The van der Waals surface area contributed by atoms with Crippen LogP contribution in [0.15, 0.2) is 42.9 Å². The molecule has 0 radical (unpaired) electrons. The fourth-order valence-corrected chi connectivity index (χ4v) is 3.59. The van der Waals surface area contributed by atoms with E-state index in [0.29, 0.717) is 5.69 Å². The Labute approximate surface area is 218 Å². The van der Waals surface area contributed by atoms with Gasteiger partial charge >= 0.3 is 11.9 Å². The molecule has 0 aliphatic carbocycles. The first-order valence-corrected chi connectivity index (χ1v) is 12.0. The number of imidazole rings is 1. The molecule has 4 atom stereocenters. The highest BCUT2D eigenvalue weighted by Crippen LogP contribution is 2.05. The van der Waals surface area contributed by atoms with E-state index >= 15 is 0 Å². The highest BCUT2D eigenvalue weighted by molar-refractivity contribution is 7.80. The lowest BCUT2D eigenvalue weighted by atomic mass is 10.0. The predicted molar refractivity (Wildman–Crippen MR) is 135 cm³/mol. The first-order chi connectivity index (χ1) is 17.6. The summed E-state index contributed by atoms with van der Waals surface area (Å²) in [5, 5.41) is 25.7. The summed E-state index contributed by atoms with van der Waals surface area (Å²) in [5.74, 6) is -5.01. The number of thiol groups is 1. The highest BCUT2D eigenvalue weighted by atomic mass is 32.1. The van der Waals surface area contributed by atoms with E-state index in [1.807, 2.05) is 6.07 Å². The van der Waals surface area contributed by atoms with Crippen LogP contribution < -0.4 is 21.7 Å². The van der Waals surface area contributed by atoms with Gasteiger partial charge in [-0.05, 0) is 18.4 Å². The lowest BCUT2D eigenvalue weighted by Crippen LogP contribution is -2.58. The molecule has 200 valence electrons. The van der Waals surface area contributed by atoms with Crippen LogP contribution >= 0.6 is 12.6 Å². The zero-order chi connectivity index (χ0) is 27.4. The van der Waals surface area contributed by atoms with Crippen molar-refractivity contribution in [2.24, 2.45) is 5.73 Å². The van der Waals surface area contributed by atoms with Gasteiger partial charge in [0.25, 0.3) is 0 Å². The van der Waals surface area contributed by atoms with Gasteiger partial charge in [-0.1, -0.05) is 30.3 Å². The molecule has 2 rings (SSSR count). The largest absolute Gasteiger partial charge is 0.481 e. The quantitative estimate of drug-likeness (QED) is 0.129. The first-order valence-electron chi connectivity index (χ1n) is 11.3. The van der Waals surface area contributed by atoms with Crippen molar-refractivity contribution < 1.29 is 34.2 Å². The maximum Gasteiger partial charge on any atom is 0.326 e. The van der Waals surface area contributed by atoms with Crippen molar-refractivity contribution in [3.63, 3.8) is 0 Å². The van der Waals surface area contributed by atoms with Gasteiger partial charge in [0.15, 0.2) is 0 Å². The van der Waals surface area contributed by atoms with Gasteiger partial charge in [0.2, 0.25) is 17.7 Å². The minimum Gasteiger partial charge on any atom is -0.481 e. The van der Waals surface area contributed by atoms with Crippen molar-refractivity contribution in [2.45, 2.75) is 49.9 Å². The number of H-pyrrole nitrogens is 1. The predicted octanol–water partition coefficient (Wildman–Crippen LogP) is -1.14. The molecule has 4 unspecified atom stereocenters. The number of carboxylic acids is 2. The van der Waals surface area contributed by atoms with Gasteiger partial charge in [-0.2, -0.15) is 12.6 Å². The van der Waals surface area contributed by atoms with E-state index in [1.54, 1.807) is 24.3 Å². The Balaban J connectivity index is 2.04. The van der Waals surface area contributed by atoms with E-state index < -0.39 is 60.2 Å². The molecule has 14 heteroatoms. The third-order valence-corrected chi connectivity index (χ3v) is 5.69. The second kappa shape index (κ2) is 14.6. The summed E-state index contributed by atoms with van der Waals surface area (Å²) in [7, 11) is 0. The number of carbonyl (C=O) groups is 5. The monoisotopic (exact) mass is 534 g/mol. The summed E-state index contributed by atoms with van der Waals surface area (Å²) in [4.78, 5) is 67.5. The Morgan fingerprint density at radius 3 is 2.11 bits per heavy atom. The van der Waals surface area contributed by atoms with Gasteiger partial charge in [-0.15, -0.1) is 0 Å². The van der Waals surface area contributed by atoms with Crippen molar-refractivity contribution in [3.8, 4) is 0 Å². The maximum atomic E-state index is 12.9. The van der Waals surface area contributed by atoms with Crippen molar-refractivity contribution in [1.82, 2.24) is 25.9 Å². The molecule has 1 heterocycles. The molecule has 0 bridgehead atoms. The minimum atomic E-state index is -1.31. The summed E-state index contributed by atoms with van der Waals surface area (Å²) in [6.07, 6.45) is 2.19. The number of aromatic amines is 1.